The van der Waals surface area contributed by atoms with Crippen molar-refractivity contribution in [2.24, 2.45) is 0 Å². The summed E-state index contributed by atoms with van der Waals surface area (Å²) < 4.78 is 39.4. The molecule has 0 saturated carbocycles. The van der Waals surface area contributed by atoms with Crippen molar-refractivity contribution in [3.8, 4) is 0 Å². The molecule has 0 aromatic heterocycles. The van der Waals surface area contributed by atoms with Crippen LogP contribution in [0.2, 0.25) is 19.6 Å². The van der Waals surface area contributed by atoms with E-state index in [2.05, 4.69) is 5.32 Å². The third-order valence-electron chi connectivity index (χ3n) is 2.91. The zero-order chi connectivity index (χ0) is 14.7. The molecule has 1 atom stereocenters. The Balaban J connectivity index is 3.27. The third kappa shape index (κ3) is 4.51. The van der Waals surface area contributed by atoms with Gasteiger partial charge >= 0.3 is 6.18 Å². The van der Waals surface area contributed by atoms with Crippen molar-refractivity contribution in [1.82, 2.24) is 5.32 Å². The monoisotopic (exact) mass is 287 g/mol. The Bertz CT molecular complexity index is 432. The third-order valence-corrected chi connectivity index (χ3v) is 5.08. The molecule has 1 nitrogen and oxygen atoms in total. The van der Waals surface area contributed by atoms with Gasteiger partial charge in [-0.3, -0.25) is 0 Å². The molecule has 0 aliphatic carbocycles. The van der Waals surface area contributed by atoms with E-state index < -0.39 is 20.3 Å². The first-order valence-corrected chi connectivity index (χ1v) is 9.67. The highest BCUT2D eigenvalue weighted by Crippen LogP contribution is 2.31. The van der Waals surface area contributed by atoms with Crippen LogP contribution in [0.5, 0.6) is 0 Å². The predicted molar refractivity (Wildman–Crippen MR) is 76.7 cm³/mol. The molecule has 0 bridgehead atoms. The highest BCUT2D eigenvalue weighted by Gasteiger charge is 2.44. The van der Waals surface area contributed by atoms with E-state index >= 15 is 0 Å². The van der Waals surface area contributed by atoms with Crippen LogP contribution in [0.25, 0.3) is 6.08 Å². The molecule has 106 valence electrons. The number of halogens is 3. The fourth-order valence-corrected chi connectivity index (χ4v) is 3.73. The minimum atomic E-state index is -4.27. The number of hydrogen-bond acceptors (Lipinski definition) is 1. The zero-order valence-electron chi connectivity index (χ0n) is 11.7. The Morgan fingerprint density at radius 2 is 1.68 bits per heavy atom. The summed E-state index contributed by atoms with van der Waals surface area (Å²) in [6.07, 6.45) is -2.59. The van der Waals surface area contributed by atoms with Crippen LogP contribution in [0.1, 0.15) is 5.56 Å². The molecule has 1 rings (SSSR count). The van der Waals surface area contributed by atoms with Gasteiger partial charge in [-0.05, 0) is 12.6 Å². The van der Waals surface area contributed by atoms with Crippen molar-refractivity contribution in [3.05, 3.63) is 41.1 Å². The fourth-order valence-electron chi connectivity index (χ4n) is 1.96. The fraction of sp³-hybridized carbons (Fsp3) is 0.429. The van der Waals surface area contributed by atoms with E-state index in [9.17, 15) is 13.2 Å². The Morgan fingerprint density at radius 3 is 2.05 bits per heavy atom. The smallest absolute Gasteiger partial charge is 0.306 e. The first-order chi connectivity index (χ1) is 8.66. The molecule has 1 N–H and O–H groups in total. The standard InChI is InChI=1S/C14H20F3NSi/c1-18-13(14(15,16)17)12(19(2,3)4)10-11-8-6-5-7-9-11/h5-10,13,18H,1-4H3/b12-10-. The lowest BCUT2D eigenvalue weighted by Crippen LogP contribution is -2.48. The maximum Gasteiger partial charge on any atom is 0.407 e. The lowest BCUT2D eigenvalue weighted by molar-refractivity contribution is -0.144. The Kier molecular flexibility index (Phi) is 4.98. The Morgan fingerprint density at radius 1 is 1.16 bits per heavy atom. The molecular weight excluding hydrogens is 267 g/mol. The van der Waals surface area contributed by atoms with E-state index in [1.807, 2.05) is 50.0 Å². The van der Waals surface area contributed by atoms with Crippen molar-refractivity contribution >= 4 is 14.1 Å². The number of likely N-dealkylation sites (N-methyl/N-ethyl adjacent to an activating group) is 1. The second-order valence-electron chi connectivity index (χ2n) is 5.52. The highest BCUT2D eigenvalue weighted by atomic mass is 28.3. The van der Waals surface area contributed by atoms with E-state index in [4.69, 9.17) is 0 Å². The molecule has 0 amide bonds. The molecule has 0 saturated heterocycles. The van der Waals surface area contributed by atoms with Gasteiger partial charge in [0.05, 0.1) is 8.07 Å². The maximum atomic E-state index is 13.1. The van der Waals surface area contributed by atoms with Gasteiger partial charge < -0.3 is 5.32 Å². The SMILES string of the molecule is CNC(/C(=C/c1ccccc1)[Si](C)(C)C)C(F)(F)F. The average molecular weight is 287 g/mol. The van der Waals surface area contributed by atoms with Gasteiger partial charge in [-0.15, -0.1) is 0 Å². The Labute approximate surface area is 113 Å². The first-order valence-electron chi connectivity index (χ1n) is 6.17. The van der Waals surface area contributed by atoms with Crippen LogP contribution in [-0.4, -0.2) is 27.3 Å². The molecule has 0 heterocycles. The number of hydrogen-bond donors (Lipinski definition) is 1. The van der Waals surface area contributed by atoms with Crippen LogP contribution in [0.3, 0.4) is 0 Å². The van der Waals surface area contributed by atoms with Gasteiger partial charge in [0.15, 0.2) is 0 Å². The van der Waals surface area contributed by atoms with Crippen molar-refractivity contribution in [3.63, 3.8) is 0 Å². The summed E-state index contributed by atoms with van der Waals surface area (Å²) in [6.45, 7) is 5.79. The molecule has 0 aliphatic heterocycles. The molecule has 0 aliphatic rings. The second kappa shape index (κ2) is 5.92. The van der Waals surface area contributed by atoms with Gasteiger partial charge in [0.2, 0.25) is 0 Å². The summed E-state index contributed by atoms with van der Waals surface area (Å²) in [7, 11) is -0.726. The van der Waals surface area contributed by atoms with Crippen LogP contribution in [0, 0.1) is 0 Å². The van der Waals surface area contributed by atoms with Gasteiger partial charge in [0, 0.05) is 0 Å². The normalized spacial score (nSPS) is 15.4. The summed E-state index contributed by atoms with van der Waals surface area (Å²) in [4.78, 5) is 0. The lowest BCUT2D eigenvalue weighted by atomic mass is 10.1. The largest absolute Gasteiger partial charge is 0.407 e. The van der Waals surface area contributed by atoms with Gasteiger partial charge in [-0.1, -0.05) is 61.2 Å². The molecule has 19 heavy (non-hydrogen) atoms. The van der Waals surface area contributed by atoms with E-state index in [0.717, 1.165) is 5.56 Å². The van der Waals surface area contributed by atoms with Crippen molar-refractivity contribution in [2.75, 3.05) is 7.05 Å². The molecule has 1 unspecified atom stereocenters. The number of rotatable bonds is 4. The molecule has 1 aromatic carbocycles. The summed E-state index contributed by atoms with van der Waals surface area (Å²) in [6, 6.07) is 7.59. The molecule has 1 aromatic rings. The summed E-state index contributed by atoms with van der Waals surface area (Å²) in [5.41, 5.74) is 0.810. The van der Waals surface area contributed by atoms with Crippen molar-refractivity contribution in [1.29, 1.82) is 0 Å². The van der Waals surface area contributed by atoms with Crippen molar-refractivity contribution in [2.45, 2.75) is 31.9 Å². The lowest BCUT2D eigenvalue weighted by Gasteiger charge is -2.30. The minimum absolute atomic E-state index is 0.466. The van der Waals surface area contributed by atoms with E-state index in [1.165, 1.54) is 7.05 Å². The van der Waals surface area contributed by atoms with E-state index in [-0.39, 0.29) is 0 Å². The minimum Gasteiger partial charge on any atom is -0.306 e. The van der Waals surface area contributed by atoms with Crippen LogP contribution in [0.4, 0.5) is 13.2 Å². The Hall–Kier alpha value is -1.07. The number of benzene rings is 1. The topological polar surface area (TPSA) is 12.0 Å². The molecule has 5 heteroatoms. The molecule has 0 spiro atoms. The first kappa shape index (κ1) is 16.0. The quantitative estimate of drug-likeness (QED) is 0.822. The summed E-state index contributed by atoms with van der Waals surface area (Å²) >= 11 is 0. The predicted octanol–water partition coefficient (Wildman–Crippen LogP) is 4.10. The van der Waals surface area contributed by atoms with E-state index in [1.54, 1.807) is 6.08 Å². The van der Waals surface area contributed by atoms with E-state index in [0.29, 0.717) is 5.20 Å². The molecular formula is C14H20F3NSi. The van der Waals surface area contributed by atoms with Crippen LogP contribution in [-0.2, 0) is 0 Å². The highest BCUT2D eigenvalue weighted by molar-refractivity contribution is 6.84. The number of alkyl halides is 3. The molecule has 0 fully saturated rings. The van der Waals surface area contributed by atoms with Gasteiger partial charge in [-0.2, -0.15) is 13.2 Å². The second-order valence-corrected chi connectivity index (χ2v) is 10.6. The van der Waals surface area contributed by atoms with Gasteiger partial charge in [-0.25, -0.2) is 0 Å². The van der Waals surface area contributed by atoms with Gasteiger partial charge in [0.1, 0.15) is 6.04 Å². The average Bonchev–Trinajstić information content (AvgIpc) is 2.27. The summed E-state index contributed by atoms with van der Waals surface area (Å²) in [5.74, 6) is 0. The maximum absolute atomic E-state index is 13.1. The van der Waals surface area contributed by atoms with Crippen LogP contribution >= 0.6 is 0 Å². The summed E-state index contributed by atoms with van der Waals surface area (Å²) in [5, 5.41) is 2.88. The van der Waals surface area contributed by atoms with Gasteiger partial charge in [0.25, 0.3) is 0 Å². The van der Waals surface area contributed by atoms with Crippen LogP contribution in [0.15, 0.2) is 35.5 Å². The molecule has 0 radical (unpaired) electrons. The zero-order valence-corrected chi connectivity index (χ0v) is 12.7. The number of nitrogens with one attached hydrogen (secondary N) is 1. The van der Waals surface area contributed by atoms with Crippen molar-refractivity contribution < 1.29 is 13.2 Å². The van der Waals surface area contributed by atoms with Crippen LogP contribution < -0.4 is 5.32 Å².